The van der Waals surface area contributed by atoms with Crippen molar-refractivity contribution in [2.75, 3.05) is 38.0 Å². The number of hydrogen-bond donors (Lipinski definition) is 1. The quantitative estimate of drug-likeness (QED) is 0.855. The molecule has 1 aliphatic heterocycles. The third-order valence-corrected chi connectivity index (χ3v) is 4.08. The third-order valence-electron chi connectivity index (χ3n) is 4.08. The number of aromatic nitrogens is 2. The second-order valence-electron chi connectivity index (χ2n) is 6.17. The van der Waals surface area contributed by atoms with Gasteiger partial charge < -0.3 is 19.3 Å². The number of piperazine rings is 1. The van der Waals surface area contributed by atoms with Crippen molar-refractivity contribution in [2.45, 2.75) is 26.8 Å². The molecule has 3 rings (SSSR count). The van der Waals surface area contributed by atoms with E-state index in [1.54, 1.807) is 13.0 Å². The first kappa shape index (κ1) is 16.7. The molecule has 8 heteroatoms. The maximum Gasteiger partial charge on any atom is 0.226 e. The van der Waals surface area contributed by atoms with E-state index in [9.17, 15) is 4.79 Å². The predicted molar refractivity (Wildman–Crippen MR) is 87.4 cm³/mol. The predicted octanol–water partition coefficient (Wildman–Crippen LogP) is 1.43. The van der Waals surface area contributed by atoms with E-state index < -0.39 is 0 Å². The van der Waals surface area contributed by atoms with Crippen LogP contribution in [-0.2, 0) is 11.3 Å². The van der Waals surface area contributed by atoms with Gasteiger partial charge in [-0.3, -0.25) is 9.69 Å². The number of carbonyl (C=O) groups excluding carboxylic acids is 1. The normalized spacial score (nSPS) is 16.4. The van der Waals surface area contributed by atoms with Crippen molar-refractivity contribution in [1.29, 1.82) is 0 Å². The van der Waals surface area contributed by atoms with Crippen LogP contribution >= 0.6 is 0 Å². The molecule has 0 aliphatic carbocycles. The number of nitrogens with zero attached hydrogens (tertiary/aromatic N) is 4. The molecule has 130 valence electrons. The highest BCUT2D eigenvalue weighted by Gasteiger charge is 2.18. The lowest BCUT2D eigenvalue weighted by atomic mass is 10.2. The summed E-state index contributed by atoms with van der Waals surface area (Å²) >= 11 is 0. The number of amides is 1. The van der Waals surface area contributed by atoms with Crippen molar-refractivity contribution in [2.24, 2.45) is 0 Å². The molecule has 2 aromatic heterocycles. The minimum atomic E-state index is -0.0381. The molecule has 1 amide bonds. The highest BCUT2D eigenvalue weighted by Crippen LogP contribution is 2.10. The molecule has 0 saturated carbocycles. The van der Waals surface area contributed by atoms with Gasteiger partial charge >= 0.3 is 0 Å². The minimum absolute atomic E-state index is 0.0381. The molecule has 2 aromatic rings. The Hall–Kier alpha value is -2.19. The van der Waals surface area contributed by atoms with Gasteiger partial charge in [-0.05, 0) is 13.8 Å². The van der Waals surface area contributed by atoms with Crippen LogP contribution < -0.4 is 5.32 Å². The maximum atomic E-state index is 11.9. The molecule has 0 aromatic carbocycles. The Labute approximate surface area is 140 Å². The van der Waals surface area contributed by atoms with Crippen molar-refractivity contribution in [3.63, 3.8) is 0 Å². The lowest BCUT2D eigenvalue weighted by Crippen LogP contribution is -2.46. The van der Waals surface area contributed by atoms with Gasteiger partial charge in [-0.1, -0.05) is 10.3 Å². The summed E-state index contributed by atoms with van der Waals surface area (Å²) in [6, 6.07) is 3.69. The first-order chi connectivity index (χ1) is 11.6. The first-order valence-electron chi connectivity index (χ1n) is 8.18. The Bertz CT molecular complexity index is 673. The van der Waals surface area contributed by atoms with E-state index >= 15 is 0 Å². The van der Waals surface area contributed by atoms with Crippen LogP contribution in [0.15, 0.2) is 21.2 Å². The van der Waals surface area contributed by atoms with Gasteiger partial charge in [0.25, 0.3) is 0 Å². The summed E-state index contributed by atoms with van der Waals surface area (Å²) in [4.78, 5) is 16.6. The Balaban J connectivity index is 1.35. The van der Waals surface area contributed by atoms with E-state index in [0.717, 1.165) is 50.7 Å². The lowest BCUT2D eigenvalue weighted by molar-refractivity contribution is -0.116. The second-order valence-corrected chi connectivity index (χ2v) is 6.17. The van der Waals surface area contributed by atoms with Crippen molar-refractivity contribution in [3.8, 4) is 0 Å². The lowest BCUT2D eigenvalue weighted by Gasteiger charge is -2.34. The van der Waals surface area contributed by atoms with Gasteiger partial charge in [-0.2, -0.15) is 0 Å². The fraction of sp³-hybridized carbons (Fsp3) is 0.562. The first-order valence-corrected chi connectivity index (χ1v) is 8.18. The molecular weight excluding hydrogens is 310 g/mol. The fourth-order valence-electron chi connectivity index (χ4n) is 2.78. The third kappa shape index (κ3) is 4.65. The van der Waals surface area contributed by atoms with Crippen molar-refractivity contribution in [3.05, 3.63) is 29.3 Å². The van der Waals surface area contributed by atoms with Gasteiger partial charge in [-0.25, -0.2) is 0 Å². The number of carbonyl (C=O) groups is 1. The molecule has 8 nitrogen and oxygen atoms in total. The molecular formula is C16H23N5O3. The summed E-state index contributed by atoms with van der Waals surface area (Å²) in [6.07, 6.45) is 0.453. The zero-order chi connectivity index (χ0) is 16.9. The number of nitrogens with one attached hydrogen (secondary N) is 1. The van der Waals surface area contributed by atoms with Crippen molar-refractivity contribution >= 4 is 11.7 Å². The number of aryl methyl sites for hydroxylation is 2. The molecule has 0 bridgehead atoms. The van der Waals surface area contributed by atoms with Crippen LogP contribution in [0, 0.1) is 13.8 Å². The summed E-state index contributed by atoms with van der Waals surface area (Å²) < 4.78 is 10.0. The average molecular weight is 333 g/mol. The van der Waals surface area contributed by atoms with E-state index in [1.165, 1.54) is 0 Å². The van der Waals surface area contributed by atoms with Gasteiger partial charge in [0.2, 0.25) is 5.91 Å². The Morgan fingerprint density at radius 1 is 1.08 bits per heavy atom. The van der Waals surface area contributed by atoms with E-state index in [1.807, 2.05) is 13.0 Å². The number of rotatable bonds is 6. The van der Waals surface area contributed by atoms with Crippen LogP contribution in [-0.4, -0.2) is 58.7 Å². The van der Waals surface area contributed by atoms with Gasteiger partial charge in [0.1, 0.15) is 11.5 Å². The molecule has 0 radical (unpaired) electrons. The summed E-state index contributed by atoms with van der Waals surface area (Å²) in [6.45, 7) is 9.10. The van der Waals surface area contributed by atoms with Crippen LogP contribution in [0.5, 0.6) is 0 Å². The maximum absolute atomic E-state index is 11.9. The molecule has 1 N–H and O–H groups in total. The molecule has 24 heavy (non-hydrogen) atoms. The largest absolute Gasteiger partial charge is 0.361 e. The molecule has 0 atom stereocenters. The van der Waals surface area contributed by atoms with Gasteiger partial charge in [-0.15, -0.1) is 0 Å². The van der Waals surface area contributed by atoms with Gasteiger partial charge in [0.15, 0.2) is 5.82 Å². The zero-order valence-corrected chi connectivity index (χ0v) is 14.1. The minimum Gasteiger partial charge on any atom is -0.361 e. The summed E-state index contributed by atoms with van der Waals surface area (Å²) in [5.74, 6) is 1.97. The van der Waals surface area contributed by atoms with Gasteiger partial charge in [0.05, 0.1) is 5.69 Å². The van der Waals surface area contributed by atoms with Crippen molar-refractivity contribution in [1.82, 2.24) is 20.1 Å². The Morgan fingerprint density at radius 2 is 1.75 bits per heavy atom. The summed E-state index contributed by atoms with van der Waals surface area (Å²) in [5, 5.41) is 10.5. The Kier molecular flexibility index (Phi) is 5.27. The van der Waals surface area contributed by atoms with Crippen LogP contribution in [0.1, 0.15) is 23.6 Å². The van der Waals surface area contributed by atoms with Crippen LogP contribution in [0.4, 0.5) is 5.82 Å². The summed E-state index contributed by atoms with van der Waals surface area (Å²) in [5.41, 5.74) is 0.975. The van der Waals surface area contributed by atoms with Crippen LogP contribution in [0.25, 0.3) is 0 Å². The second kappa shape index (κ2) is 7.59. The van der Waals surface area contributed by atoms with E-state index in [4.69, 9.17) is 9.05 Å². The van der Waals surface area contributed by atoms with E-state index in [0.29, 0.717) is 18.0 Å². The average Bonchev–Trinajstić information content (AvgIpc) is 3.15. The zero-order valence-electron chi connectivity index (χ0n) is 14.1. The molecule has 3 heterocycles. The van der Waals surface area contributed by atoms with Crippen LogP contribution in [0.2, 0.25) is 0 Å². The molecule has 1 aliphatic rings. The van der Waals surface area contributed by atoms with E-state index in [-0.39, 0.29) is 5.91 Å². The number of hydrogen-bond acceptors (Lipinski definition) is 7. The highest BCUT2D eigenvalue weighted by atomic mass is 16.5. The fourth-order valence-corrected chi connectivity index (χ4v) is 2.78. The highest BCUT2D eigenvalue weighted by molar-refractivity contribution is 5.89. The topological polar surface area (TPSA) is 87.6 Å². The van der Waals surface area contributed by atoms with Crippen LogP contribution in [0.3, 0.4) is 0 Å². The standard InChI is InChI=1S/C16H23N5O3/c1-12-9-14(18-23-12)11-21-7-5-20(6-8-21)4-3-16(22)17-15-10-13(2)24-19-15/h9-10H,3-8,11H2,1-2H3,(H,17,19,22). The van der Waals surface area contributed by atoms with E-state index in [2.05, 4.69) is 25.4 Å². The molecule has 0 spiro atoms. The summed E-state index contributed by atoms with van der Waals surface area (Å²) in [7, 11) is 0. The van der Waals surface area contributed by atoms with Crippen molar-refractivity contribution < 1.29 is 13.8 Å². The molecule has 0 unspecified atom stereocenters. The Morgan fingerprint density at radius 3 is 2.38 bits per heavy atom. The number of anilines is 1. The molecule has 1 saturated heterocycles. The van der Waals surface area contributed by atoms with Gasteiger partial charge in [0, 0.05) is 57.8 Å². The molecule has 1 fully saturated rings. The SMILES string of the molecule is Cc1cc(CN2CCN(CCC(=O)Nc3cc(C)on3)CC2)no1. The monoisotopic (exact) mass is 333 g/mol. The smallest absolute Gasteiger partial charge is 0.226 e.